The molecule has 0 N–H and O–H groups in total. The maximum atomic E-state index is 14.1. The largest absolute Gasteiger partial charge is 0.413 e. The van der Waals surface area contributed by atoms with Crippen molar-refractivity contribution in [2.24, 2.45) is 0 Å². The van der Waals surface area contributed by atoms with E-state index in [9.17, 15) is 26.4 Å². The molecule has 1 atom stereocenters. The lowest BCUT2D eigenvalue weighted by molar-refractivity contribution is -0.188. The molecule has 1 aromatic carbocycles. The predicted molar refractivity (Wildman–Crippen MR) is 131 cm³/mol. The van der Waals surface area contributed by atoms with Crippen LogP contribution in [0.5, 0.6) is 0 Å². The van der Waals surface area contributed by atoms with Gasteiger partial charge in [-0.2, -0.15) is 22.6 Å². The average Bonchev–Trinajstić information content (AvgIpc) is 3.38. The highest BCUT2D eigenvalue weighted by molar-refractivity contribution is 7.89. The van der Waals surface area contributed by atoms with Crippen molar-refractivity contribution < 1.29 is 26.4 Å². The van der Waals surface area contributed by atoms with Crippen LogP contribution >= 0.6 is 11.6 Å². The van der Waals surface area contributed by atoms with E-state index >= 15 is 0 Å². The quantitative estimate of drug-likeness (QED) is 0.477. The van der Waals surface area contributed by atoms with E-state index in [1.165, 1.54) is 12.1 Å². The van der Waals surface area contributed by atoms with Crippen molar-refractivity contribution in [1.29, 1.82) is 0 Å². The van der Waals surface area contributed by atoms with E-state index in [4.69, 9.17) is 11.6 Å². The highest BCUT2D eigenvalue weighted by Gasteiger charge is 2.46. The molecule has 2 aromatic heterocycles. The van der Waals surface area contributed by atoms with Crippen LogP contribution in [0.25, 0.3) is 5.65 Å². The van der Waals surface area contributed by atoms with Crippen LogP contribution in [0.1, 0.15) is 30.1 Å². The van der Waals surface area contributed by atoms with Gasteiger partial charge in [0.25, 0.3) is 0 Å². The molecule has 14 heteroatoms. The Morgan fingerprint density at radius 1 is 1.19 bits per heavy atom. The van der Waals surface area contributed by atoms with Crippen molar-refractivity contribution in [3.05, 3.63) is 52.9 Å². The number of carbonyl (C=O) groups is 1. The number of anilines is 2. The Bertz CT molecular complexity index is 1440. The summed E-state index contributed by atoms with van der Waals surface area (Å²) in [4.78, 5) is 19.6. The number of fused-ring (bicyclic) bond motifs is 3. The maximum absolute atomic E-state index is 14.1. The maximum Gasteiger partial charge on any atom is 0.413 e. The fourth-order valence-electron chi connectivity index (χ4n) is 4.94. The van der Waals surface area contributed by atoms with E-state index in [0.29, 0.717) is 34.4 Å². The molecule has 37 heavy (non-hydrogen) atoms. The summed E-state index contributed by atoms with van der Waals surface area (Å²) in [6.07, 6.45) is -1.17. The minimum Gasteiger partial charge on any atom is -0.339 e. The van der Waals surface area contributed by atoms with Crippen molar-refractivity contribution in [2.75, 3.05) is 37.3 Å². The van der Waals surface area contributed by atoms with Gasteiger partial charge in [0.1, 0.15) is 0 Å². The fourth-order valence-corrected chi connectivity index (χ4v) is 6.58. The highest BCUT2D eigenvalue weighted by atomic mass is 35.5. The minimum atomic E-state index is -4.76. The number of aryl methyl sites for hydroxylation is 1. The van der Waals surface area contributed by atoms with Crippen LogP contribution in [0.2, 0.25) is 5.15 Å². The summed E-state index contributed by atoms with van der Waals surface area (Å²) in [5.74, 6) is -1.03. The van der Waals surface area contributed by atoms with Crippen LogP contribution < -0.4 is 4.90 Å². The van der Waals surface area contributed by atoms with Gasteiger partial charge < -0.3 is 9.80 Å². The second kappa shape index (κ2) is 9.44. The highest BCUT2D eigenvalue weighted by Crippen LogP contribution is 2.39. The number of nitrogens with zero attached hydrogens (tertiary/aromatic N) is 6. The molecule has 0 unspecified atom stereocenters. The second-order valence-corrected chi connectivity index (χ2v) is 11.6. The molecule has 0 spiro atoms. The molecule has 2 aliphatic heterocycles. The third kappa shape index (κ3) is 4.87. The summed E-state index contributed by atoms with van der Waals surface area (Å²) < 4.78 is 69.0. The van der Waals surface area contributed by atoms with E-state index in [-0.39, 0.29) is 17.9 Å². The van der Waals surface area contributed by atoms with Gasteiger partial charge in [-0.25, -0.2) is 17.9 Å². The molecule has 1 saturated heterocycles. The van der Waals surface area contributed by atoms with Crippen molar-refractivity contribution in [1.82, 2.24) is 23.8 Å². The van der Waals surface area contributed by atoms with Gasteiger partial charge in [0.15, 0.2) is 16.8 Å². The molecule has 9 nitrogen and oxygen atoms in total. The monoisotopic (exact) mass is 556 g/mol. The smallest absolute Gasteiger partial charge is 0.339 e. The van der Waals surface area contributed by atoms with Gasteiger partial charge in [-0.1, -0.05) is 23.7 Å². The van der Waals surface area contributed by atoms with E-state index < -0.39 is 34.7 Å². The average molecular weight is 557 g/mol. The van der Waals surface area contributed by atoms with Gasteiger partial charge in [-0.3, -0.25) is 4.79 Å². The lowest BCUT2D eigenvalue weighted by Gasteiger charge is -2.33. The molecule has 5 rings (SSSR count). The number of rotatable bonds is 5. The number of sulfonamides is 1. The van der Waals surface area contributed by atoms with Gasteiger partial charge in [-0.15, -0.1) is 0 Å². The molecule has 0 aliphatic carbocycles. The molecule has 0 bridgehead atoms. The zero-order valence-electron chi connectivity index (χ0n) is 19.8. The van der Waals surface area contributed by atoms with Gasteiger partial charge in [0.2, 0.25) is 15.9 Å². The Morgan fingerprint density at radius 3 is 2.57 bits per heavy atom. The van der Waals surface area contributed by atoms with E-state index in [2.05, 4.69) is 10.1 Å². The molecule has 1 amide bonds. The molecule has 4 heterocycles. The fraction of sp³-hybridized carbons (Fsp3) is 0.435. The SMILES string of the molecule is CN(C(=O)CN1CCCS1(=O)=O)[C@@H](c1ccc(N2CCCc3c2cnc2cc(Cl)nn32)cc1)C(F)(F)F. The Hall–Kier alpha value is -2.90. The summed E-state index contributed by atoms with van der Waals surface area (Å²) in [6, 6.07) is 5.27. The molecule has 0 radical (unpaired) electrons. The third-order valence-corrected chi connectivity index (χ3v) is 8.83. The van der Waals surface area contributed by atoms with Crippen LogP contribution in [-0.2, 0) is 21.2 Å². The predicted octanol–water partition coefficient (Wildman–Crippen LogP) is 3.56. The van der Waals surface area contributed by atoms with Crippen LogP contribution in [0.4, 0.5) is 24.5 Å². The van der Waals surface area contributed by atoms with Crippen LogP contribution in [0.3, 0.4) is 0 Å². The van der Waals surface area contributed by atoms with Gasteiger partial charge in [-0.05, 0) is 37.0 Å². The molecule has 3 aromatic rings. The summed E-state index contributed by atoms with van der Waals surface area (Å²) in [7, 11) is -2.57. The molecular formula is C23H24ClF3N6O3S. The first-order valence-corrected chi connectivity index (χ1v) is 13.7. The van der Waals surface area contributed by atoms with E-state index in [1.807, 2.05) is 4.90 Å². The molecule has 1 fully saturated rings. The Kier molecular flexibility index (Phi) is 6.57. The van der Waals surface area contributed by atoms with Crippen molar-refractivity contribution in [3.8, 4) is 0 Å². The van der Waals surface area contributed by atoms with Gasteiger partial charge >= 0.3 is 6.18 Å². The molecular weight excluding hydrogens is 533 g/mol. The van der Waals surface area contributed by atoms with Crippen molar-refractivity contribution in [2.45, 2.75) is 31.5 Å². The first kappa shape index (κ1) is 25.7. The zero-order valence-corrected chi connectivity index (χ0v) is 21.4. The van der Waals surface area contributed by atoms with Gasteiger partial charge in [0.05, 0.1) is 29.9 Å². The summed E-state index contributed by atoms with van der Waals surface area (Å²) in [6.45, 7) is 0.142. The van der Waals surface area contributed by atoms with Crippen LogP contribution in [0, 0.1) is 0 Å². The number of likely N-dealkylation sites (N-methyl/N-ethyl adjacent to an activating group) is 1. The van der Waals surface area contributed by atoms with Crippen LogP contribution in [-0.4, -0.2) is 76.7 Å². The number of benzene rings is 1. The lowest BCUT2D eigenvalue weighted by atomic mass is 10.0. The molecule has 198 valence electrons. The topological polar surface area (TPSA) is 91.1 Å². The van der Waals surface area contributed by atoms with Crippen molar-refractivity contribution >= 4 is 44.6 Å². The minimum absolute atomic E-state index is 0.109. The number of carbonyl (C=O) groups excluding carboxylic acids is 1. The Morgan fingerprint density at radius 2 is 1.92 bits per heavy atom. The normalized spacial score (nSPS) is 18.7. The first-order chi connectivity index (χ1) is 17.5. The number of amides is 1. The number of alkyl halides is 3. The number of aromatic nitrogens is 3. The number of hydrogen-bond donors (Lipinski definition) is 0. The van der Waals surface area contributed by atoms with Crippen LogP contribution in [0.15, 0.2) is 36.5 Å². The molecule has 0 saturated carbocycles. The number of hydrogen-bond acceptors (Lipinski definition) is 6. The van der Waals surface area contributed by atoms with Gasteiger partial charge in [0, 0.05) is 31.9 Å². The zero-order chi connectivity index (χ0) is 26.5. The Labute approximate surface area is 216 Å². The standard InChI is InChI=1S/C23H24ClF3N6O3S/c1-30(21(34)14-31-9-3-11-37(31,35)36)22(23(25,26)27)15-5-7-16(8-6-15)32-10-2-4-17-18(32)13-28-20-12-19(24)29-33(17)20/h5-8,12-13,22H,2-4,9-11,14H2,1H3/t22-/m0/s1. The summed E-state index contributed by atoms with van der Waals surface area (Å²) in [5.41, 5.74) is 2.85. The second-order valence-electron chi connectivity index (χ2n) is 9.13. The Balaban J connectivity index is 1.41. The van der Waals surface area contributed by atoms with E-state index in [1.54, 1.807) is 28.9 Å². The van der Waals surface area contributed by atoms with Crippen molar-refractivity contribution in [3.63, 3.8) is 0 Å². The first-order valence-electron chi connectivity index (χ1n) is 11.7. The third-order valence-electron chi connectivity index (χ3n) is 6.74. The summed E-state index contributed by atoms with van der Waals surface area (Å²) >= 11 is 6.03. The lowest BCUT2D eigenvalue weighted by Crippen LogP contribution is -2.45. The summed E-state index contributed by atoms with van der Waals surface area (Å²) in [5, 5.41) is 4.61. The number of halogens is 4. The van der Waals surface area contributed by atoms with E-state index in [0.717, 1.165) is 35.6 Å². The molecule has 2 aliphatic rings.